The van der Waals surface area contributed by atoms with Crippen LogP contribution in [0.3, 0.4) is 0 Å². The number of nitrogens with one attached hydrogen (secondary N) is 1. The molecule has 5 heteroatoms. The molecule has 0 aliphatic carbocycles. The number of aromatic amines is 1. The normalized spacial score (nSPS) is 11.6. The van der Waals surface area contributed by atoms with Crippen LogP contribution < -0.4 is 9.47 Å². The molecule has 2 aromatic carbocycles. The fourth-order valence-corrected chi connectivity index (χ4v) is 3.39. The molecular weight excluding hydrogens is 354 g/mol. The van der Waals surface area contributed by atoms with Crippen LogP contribution in [0.15, 0.2) is 36.4 Å². The number of methoxy groups -OCH3 is 1. The fraction of sp³-hybridized carbons (Fsp3) is 0.348. The zero-order valence-electron chi connectivity index (χ0n) is 17.1. The van der Waals surface area contributed by atoms with E-state index in [9.17, 15) is 9.90 Å². The Morgan fingerprint density at radius 2 is 1.86 bits per heavy atom. The molecule has 0 spiro atoms. The molecule has 3 aromatic rings. The van der Waals surface area contributed by atoms with E-state index in [1.807, 2.05) is 31.2 Å². The van der Waals surface area contributed by atoms with E-state index in [4.69, 9.17) is 9.47 Å². The van der Waals surface area contributed by atoms with Crippen LogP contribution in [0.5, 0.6) is 11.5 Å². The van der Waals surface area contributed by atoms with Gasteiger partial charge < -0.3 is 19.6 Å². The molecule has 0 radical (unpaired) electrons. The molecule has 3 rings (SSSR count). The Balaban J connectivity index is 2.21. The van der Waals surface area contributed by atoms with Crippen LogP contribution in [0.4, 0.5) is 0 Å². The number of rotatable bonds is 6. The van der Waals surface area contributed by atoms with E-state index in [2.05, 4.69) is 37.9 Å². The van der Waals surface area contributed by atoms with Crippen molar-refractivity contribution in [3.05, 3.63) is 47.5 Å². The molecular formula is C23H27NO4. The molecule has 0 saturated heterocycles. The molecule has 1 heterocycles. The van der Waals surface area contributed by atoms with Gasteiger partial charge in [-0.1, -0.05) is 26.8 Å². The fourth-order valence-electron chi connectivity index (χ4n) is 3.39. The Bertz CT molecular complexity index is 1010. The molecule has 28 heavy (non-hydrogen) atoms. The van der Waals surface area contributed by atoms with Gasteiger partial charge in [0.15, 0.2) is 11.5 Å². The van der Waals surface area contributed by atoms with E-state index in [1.165, 1.54) is 5.56 Å². The number of fused-ring (bicyclic) bond motifs is 1. The first kappa shape index (κ1) is 19.8. The van der Waals surface area contributed by atoms with Crippen LogP contribution in [0.2, 0.25) is 0 Å². The Kier molecular flexibility index (Phi) is 5.36. The highest BCUT2D eigenvalue weighted by molar-refractivity contribution is 5.94. The van der Waals surface area contributed by atoms with Gasteiger partial charge in [0.2, 0.25) is 0 Å². The van der Waals surface area contributed by atoms with Crippen LogP contribution >= 0.6 is 0 Å². The third-order valence-electron chi connectivity index (χ3n) is 4.85. The molecule has 0 unspecified atom stereocenters. The van der Waals surface area contributed by atoms with Crippen LogP contribution in [0, 0.1) is 0 Å². The topological polar surface area (TPSA) is 71.6 Å². The van der Waals surface area contributed by atoms with E-state index >= 15 is 0 Å². The number of H-pyrrole nitrogens is 1. The van der Waals surface area contributed by atoms with Gasteiger partial charge in [-0.25, -0.2) is 0 Å². The molecule has 0 aliphatic heterocycles. The van der Waals surface area contributed by atoms with Crippen LogP contribution in [-0.2, 0) is 16.6 Å². The number of aliphatic carboxylic acids is 1. The van der Waals surface area contributed by atoms with Crippen molar-refractivity contribution in [3.63, 3.8) is 0 Å². The number of carbonyl (C=O) groups is 1. The zero-order valence-corrected chi connectivity index (χ0v) is 17.1. The number of benzene rings is 2. The van der Waals surface area contributed by atoms with Crippen molar-refractivity contribution < 1.29 is 19.4 Å². The Morgan fingerprint density at radius 3 is 2.46 bits per heavy atom. The van der Waals surface area contributed by atoms with E-state index in [0.717, 1.165) is 27.7 Å². The third-order valence-corrected chi connectivity index (χ3v) is 4.85. The molecule has 1 aromatic heterocycles. The minimum atomic E-state index is -0.860. The van der Waals surface area contributed by atoms with Crippen molar-refractivity contribution in [2.24, 2.45) is 0 Å². The lowest BCUT2D eigenvalue weighted by Crippen LogP contribution is -2.10. The van der Waals surface area contributed by atoms with E-state index in [0.29, 0.717) is 18.1 Å². The second-order valence-electron chi connectivity index (χ2n) is 7.86. The standard InChI is InChI=1S/C23H27NO4/c1-6-28-19-10-7-14(11-20(19)27-5)22-17(13-21(25)26)16-12-15(23(2,3)4)8-9-18(16)24-22/h7-12,24H,6,13H2,1-5H3,(H,25,26). The van der Waals surface area contributed by atoms with Gasteiger partial charge in [-0.05, 0) is 53.8 Å². The summed E-state index contributed by atoms with van der Waals surface area (Å²) in [5, 5.41) is 10.4. The van der Waals surface area contributed by atoms with Crippen molar-refractivity contribution in [2.45, 2.75) is 39.5 Å². The lowest BCUT2D eigenvalue weighted by molar-refractivity contribution is -0.136. The maximum atomic E-state index is 11.6. The summed E-state index contributed by atoms with van der Waals surface area (Å²) in [4.78, 5) is 15.0. The minimum Gasteiger partial charge on any atom is -0.493 e. The maximum Gasteiger partial charge on any atom is 0.307 e. The molecule has 0 saturated carbocycles. The van der Waals surface area contributed by atoms with Crippen molar-refractivity contribution in [1.29, 1.82) is 0 Å². The number of aromatic nitrogens is 1. The molecule has 5 nitrogen and oxygen atoms in total. The first-order valence-corrected chi connectivity index (χ1v) is 9.42. The monoisotopic (exact) mass is 381 g/mol. The Hall–Kier alpha value is -2.95. The second-order valence-corrected chi connectivity index (χ2v) is 7.86. The molecule has 0 amide bonds. The molecule has 0 atom stereocenters. The number of hydrogen-bond acceptors (Lipinski definition) is 3. The summed E-state index contributed by atoms with van der Waals surface area (Å²) in [5.74, 6) is 0.426. The smallest absolute Gasteiger partial charge is 0.307 e. The quantitative estimate of drug-likeness (QED) is 0.618. The molecule has 0 aliphatic rings. The first-order chi connectivity index (χ1) is 13.2. The van der Waals surface area contributed by atoms with E-state index in [1.54, 1.807) is 7.11 Å². The zero-order chi connectivity index (χ0) is 20.5. The van der Waals surface area contributed by atoms with Crippen molar-refractivity contribution in [2.75, 3.05) is 13.7 Å². The minimum absolute atomic E-state index is 0.0194. The summed E-state index contributed by atoms with van der Waals surface area (Å²) in [7, 11) is 1.60. The highest BCUT2D eigenvalue weighted by Gasteiger charge is 2.20. The van der Waals surface area contributed by atoms with E-state index < -0.39 is 5.97 Å². The summed E-state index contributed by atoms with van der Waals surface area (Å²) in [6, 6.07) is 11.9. The van der Waals surface area contributed by atoms with Gasteiger partial charge >= 0.3 is 5.97 Å². The summed E-state index contributed by atoms with van der Waals surface area (Å²) < 4.78 is 11.1. The van der Waals surface area contributed by atoms with Gasteiger partial charge in [-0.2, -0.15) is 0 Å². The van der Waals surface area contributed by atoms with Crippen molar-refractivity contribution >= 4 is 16.9 Å². The number of hydrogen-bond donors (Lipinski definition) is 2. The molecule has 2 N–H and O–H groups in total. The highest BCUT2D eigenvalue weighted by atomic mass is 16.5. The Morgan fingerprint density at radius 1 is 1.11 bits per heavy atom. The predicted octanol–water partition coefficient (Wildman–Crippen LogP) is 5.17. The SMILES string of the molecule is CCOc1ccc(-c2[nH]c3ccc(C(C)(C)C)cc3c2CC(=O)O)cc1OC. The summed E-state index contributed by atoms with van der Waals surface area (Å²) in [6.45, 7) is 8.91. The summed E-state index contributed by atoms with van der Waals surface area (Å²) >= 11 is 0. The Labute approximate surface area is 165 Å². The van der Waals surface area contributed by atoms with Crippen LogP contribution in [0.1, 0.15) is 38.8 Å². The van der Waals surface area contributed by atoms with Gasteiger partial charge in [0, 0.05) is 16.5 Å². The first-order valence-electron chi connectivity index (χ1n) is 9.42. The largest absolute Gasteiger partial charge is 0.493 e. The third kappa shape index (κ3) is 3.84. The summed E-state index contributed by atoms with van der Waals surface area (Å²) in [5.41, 5.74) is 4.51. The van der Waals surface area contributed by atoms with Crippen LogP contribution in [-0.4, -0.2) is 29.8 Å². The average Bonchev–Trinajstić information content (AvgIpc) is 2.99. The number of ether oxygens (including phenoxy) is 2. The van der Waals surface area contributed by atoms with Gasteiger partial charge in [-0.3, -0.25) is 4.79 Å². The van der Waals surface area contributed by atoms with Crippen molar-refractivity contribution in [3.8, 4) is 22.8 Å². The molecule has 0 bridgehead atoms. The van der Waals surface area contributed by atoms with Crippen molar-refractivity contribution in [1.82, 2.24) is 4.98 Å². The van der Waals surface area contributed by atoms with Gasteiger partial charge in [0.05, 0.1) is 25.8 Å². The lowest BCUT2D eigenvalue weighted by atomic mass is 9.86. The average molecular weight is 381 g/mol. The van der Waals surface area contributed by atoms with Gasteiger partial charge in [-0.15, -0.1) is 0 Å². The number of carboxylic acid groups (broad SMARTS) is 1. The lowest BCUT2D eigenvalue weighted by Gasteiger charge is -2.19. The van der Waals surface area contributed by atoms with Crippen LogP contribution in [0.25, 0.3) is 22.2 Å². The van der Waals surface area contributed by atoms with Gasteiger partial charge in [0.1, 0.15) is 0 Å². The maximum absolute atomic E-state index is 11.6. The number of carboxylic acids is 1. The molecule has 0 fully saturated rings. The molecule has 148 valence electrons. The summed E-state index contributed by atoms with van der Waals surface area (Å²) in [6.07, 6.45) is -0.0571. The van der Waals surface area contributed by atoms with Gasteiger partial charge in [0.25, 0.3) is 0 Å². The predicted molar refractivity (Wildman–Crippen MR) is 111 cm³/mol. The highest BCUT2D eigenvalue weighted by Crippen LogP contribution is 2.37. The second kappa shape index (κ2) is 7.58. The van der Waals surface area contributed by atoms with E-state index in [-0.39, 0.29) is 11.8 Å².